The Morgan fingerprint density at radius 1 is 0.857 bits per heavy atom. The van der Waals surface area contributed by atoms with Gasteiger partial charge in [0.2, 0.25) is 0 Å². The zero-order chi connectivity index (χ0) is 15.2. The first kappa shape index (κ1) is 15.0. The predicted octanol–water partition coefficient (Wildman–Crippen LogP) is 3.40. The van der Waals surface area contributed by atoms with E-state index in [1.54, 1.807) is 48.3 Å². The molecule has 3 heteroatoms. The monoisotopic (exact) mass is 281 g/mol. The van der Waals surface area contributed by atoms with Gasteiger partial charge in [0.25, 0.3) is 5.91 Å². The molecule has 3 nitrogen and oxygen atoms in total. The van der Waals surface area contributed by atoms with E-state index >= 15 is 0 Å². The van der Waals surface area contributed by atoms with Gasteiger partial charge in [0.1, 0.15) is 0 Å². The number of amides is 1. The second-order valence-electron chi connectivity index (χ2n) is 5.00. The first-order chi connectivity index (χ1) is 10.1. The van der Waals surface area contributed by atoms with Gasteiger partial charge in [0.15, 0.2) is 5.78 Å². The smallest absolute Gasteiger partial charge is 0.253 e. The Balaban J connectivity index is 2.16. The van der Waals surface area contributed by atoms with Crippen molar-refractivity contribution < 1.29 is 9.59 Å². The SMILES string of the molecule is CCCN(C)C(=O)c1ccc(C(=O)c2ccccc2)cc1. The van der Waals surface area contributed by atoms with Gasteiger partial charge in [-0.25, -0.2) is 0 Å². The van der Waals surface area contributed by atoms with Crippen molar-refractivity contribution >= 4 is 11.7 Å². The molecule has 21 heavy (non-hydrogen) atoms. The van der Waals surface area contributed by atoms with E-state index in [2.05, 4.69) is 0 Å². The van der Waals surface area contributed by atoms with E-state index in [0.717, 1.165) is 13.0 Å². The molecular weight excluding hydrogens is 262 g/mol. The average Bonchev–Trinajstić information content (AvgIpc) is 2.54. The summed E-state index contributed by atoms with van der Waals surface area (Å²) in [6.45, 7) is 2.76. The van der Waals surface area contributed by atoms with Crippen molar-refractivity contribution in [2.75, 3.05) is 13.6 Å². The van der Waals surface area contributed by atoms with Crippen LogP contribution in [0.1, 0.15) is 39.6 Å². The Morgan fingerprint density at radius 2 is 1.38 bits per heavy atom. The number of hydrogen-bond donors (Lipinski definition) is 0. The number of rotatable bonds is 5. The van der Waals surface area contributed by atoms with Crippen LogP contribution < -0.4 is 0 Å². The molecule has 0 saturated carbocycles. The Morgan fingerprint density at radius 3 is 1.95 bits per heavy atom. The molecular formula is C18H19NO2. The molecule has 0 aromatic heterocycles. The second-order valence-corrected chi connectivity index (χ2v) is 5.00. The molecule has 2 rings (SSSR count). The highest BCUT2D eigenvalue weighted by molar-refractivity contribution is 6.09. The molecule has 0 spiro atoms. The number of carbonyl (C=O) groups excluding carboxylic acids is 2. The fraction of sp³-hybridized carbons (Fsp3) is 0.222. The third-order valence-electron chi connectivity index (χ3n) is 3.34. The quantitative estimate of drug-likeness (QED) is 0.788. The summed E-state index contributed by atoms with van der Waals surface area (Å²) in [6.07, 6.45) is 0.923. The van der Waals surface area contributed by atoms with Gasteiger partial charge in [-0.2, -0.15) is 0 Å². The summed E-state index contributed by atoms with van der Waals surface area (Å²) in [5.41, 5.74) is 1.85. The molecule has 0 atom stereocenters. The van der Waals surface area contributed by atoms with Crippen molar-refractivity contribution in [2.45, 2.75) is 13.3 Å². The number of hydrogen-bond acceptors (Lipinski definition) is 2. The Labute approximate surface area is 125 Å². The largest absolute Gasteiger partial charge is 0.342 e. The summed E-state index contributed by atoms with van der Waals surface area (Å²) >= 11 is 0. The zero-order valence-electron chi connectivity index (χ0n) is 12.4. The minimum absolute atomic E-state index is 0.0180. The van der Waals surface area contributed by atoms with Gasteiger partial charge in [-0.3, -0.25) is 9.59 Å². The van der Waals surface area contributed by atoms with Gasteiger partial charge in [-0.15, -0.1) is 0 Å². The summed E-state index contributed by atoms with van der Waals surface area (Å²) in [5.74, 6) is -0.0490. The predicted molar refractivity (Wildman–Crippen MR) is 83.6 cm³/mol. The van der Waals surface area contributed by atoms with Crippen LogP contribution in [0.3, 0.4) is 0 Å². The summed E-state index contributed by atoms with van der Waals surface area (Å²) in [6, 6.07) is 16.0. The molecule has 0 aliphatic carbocycles. The second kappa shape index (κ2) is 6.84. The van der Waals surface area contributed by atoms with Gasteiger partial charge in [-0.05, 0) is 18.6 Å². The van der Waals surface area contributed by atoms with E-state index in [-0.39, 0.29) is 11.7 Å². The van der Waals surface area contributed by atoms with Crippen LogP contribution in [0.15, 0.2) is 54.6 Å². The van der Waals surface area contributed by atoms with Crippen molar-refractivity contribution in [3.63, 3.8) is 0 Å². The van der Waals surface area contributed by atoms with Gasteiger partial charge < -0.3 is 4.90 Å². The lowest BCUT2D eigenvalue weighted by Gasteiger charge is -2.16. The van der Waals surface area contributed by atoms with E-state index in [4.69, 9.17) is 0 Å². The lowest BCUT2D eigenvalue weighted by atomic mass is 10.0. The van der Waals surface area contributed by atoms with Gasteiger partial charge in [-0.1, -0.05) is 49.4 Å². The minimum atomic E-state index is -0.0310. The molecule has 0 radical (unpaired) electrons. The van der Waals surface area contributed by atoms with Crippen LogP contribution in [0.2, 0.25) is 0 Å². The fourth-order valence-electron chi connectivity index (χ4n) is 2.18. The lowest BCUT2D eigenvalue weighted by Crippen LogP contribution is -2.27. The van der Waals surface area contributed by atoms with Crippen LogP contribution in [-0.2, 0) is 0 Å². The van der Waals surface area contributed by atoms with Gasteiger partial charge in [0, 0.05) is 30.3 Å². The number of benzene rings is 2. The average molecular weight is 281 g/mol. The van der Waals surface area contributed by atoms with E-state index in [0.29, 0.717) is 16.7 Å². The Kier molecular flexibility index (Phi) is 4.88. The van der Waals surface area contributed by atoms with Crippen molar-refractivity contribution in [3.8, 4) is 0 Å². The number of nitrogens with zero attached hydrogens (tertiary/aromatic N) is 1. The molecule has 0 aliphatic rings. The normalized spacial score (nSPS) is 10.2. The highest BCUT2D eigenvalue weighted by Gasteiger charge is 2.13. The van der Waals surface area contributed by atoms with Crippen LogP contribution in [0, 0.1) is 0 Å². The summed E-state index contributed by atoms with van der Waals surface area (Å²) in [4.78, 5) is 26.1. The standard InChI is InChI=1S/C18H19NO2/c1-3-13-19(2)18(21)16-11-9-15(10-12-16)17(20)14-7-5-4-6-8-14/h4-12H,3,13H2,1-2H3. The molecule has 2 aromatic carbocycles. The molecule has 0 fully saturated rings. The van der Waals surface area contributed by atoms with Crippen molar-refractivity contribution in [3.05, 3.63) is 71.3 Å². The third-order valence-corrected chi connectivity index (χ3v) is 3.34. The Bertz CT molecular complexity index is 617. The van der Waals surface area contributed by atoms with Crippen LogP contribution >= 0.6 is 0 Å². The molecule has 1 amide bonds. The number of carbonyl (C=O) groups is 2. The maximum absolute atomic E-state index is 12.3. The first-order valence-electron chi connectivity index (χ1n) is 7.08. The fourth-order valence-corrected chi connectivity index (χ4v) is 2.18. The highest BCUT2D eigenvalue weighted by atomic mass is 16.2. The van der Waals surface area contributed by atoms with E-state index in [9.17, 15) is 9.59 Å². The van der Waals surface area contributed by atoms with Crippen LogP contribution in [0.25, 0.3) is 0 Å². The lowest BCUT2D eigenvalue weighted by molar-refractivity contribution is 0.0794. The van der Waals surface area contributed by atoms with E-state index < -0.39 is 0 Å². The van der Waals surface area contributed by atoms with Crippen LogP contribution in [0.5, 0.6) is 0 Å². The van der Waals surface area contributed by atoms with Crippen molar-refractivity contribution in [2.24, 2.45) is 0 Å². The molecule has 0 bridgehead atoms. The molecule has 0 heterocycles. The first-order valence-corrected chi connectivity index (χ1v) is 7.08. The molecule has 0 aliphatic heterocycles. The van der Waals surface area contributed by atoms with Crippen molar-refractivity contribution in [1.82, 2.24) is 4.90 Å². The van der Waals surface area contributed by atoms with Crippen LogP contribution in [0.4, 0.5) is 0 Å². The molecule has 0 N–H and O–H groups in total. The maximum Gasteiger partial charge on any atom is 0.253 e. The summed E-state index contributed by atoms with van der Waals surface area (Å²) in [7, 11) is 1.79. The molecule has 108 valence electrons. The maximum atomic E-state index is 12.3. The van der Waals surface area contributed by atoms with Gasteiger partial charge in [0.05, 0.1) is 0 Å². The van der Waals surface area contributed by atoms with Crippen LogP contribution in [-0.4, -0.2) is 30.2 Å². The zero-order valence-corrected chi connectivity index (χ0v) is 12.4. The third kappa shape index (κ3) is 3.57. The Hall–Kier alpha value is -2.42. The minimum Gasteiger partial charge on any atom is -0.342 e. The highest BCUT2D eigenvalue weighted by Crippen LogP contribution is 2.12. The molecule has 0 unspecified atom stereocenters. The van der Waals surface area contributed by atoms with E-state index in [1.807, 2.05) is 25.1 Å². The number of ketones is 1. The van der Waals surface area contributed by atoms with Crippen molar-refractivity contribution in [1.29, 1.82) is 0 Å². The van der Waals surface area contributed by atoms with Gasteiger partial charge >= 0.3 is 0 Å². The summed E-state index contributed by atoms with van der Waals surface area (Å²) in [5, 5.41) is 0. The molecule has 0 saturated heterocycles. The molecule has 2 aromatic rings. The topological polar surface area (TPSA) is 37.4 Å². The summed E-state index contributed by atoms with van der Waals surface area (Å²) < 4.78 is 0. The van der Waals surface area contributed by atoms with E-state index in [1.165, 1.54) is 0 Å².